The Morgan fingerprint density at radius 2 is 0.651 bits per heavy atom. The summed E-state index contributed by atoms with van der Waals surface area (Å²) in [6.07, 6.45) is 78.6. The van der Waals surface area contributed by atoms with Crippen molar-refractivity contribution in [3.63, 3.8) is 0 Å². The Kier molecular flexibility index (Phi) is 64.0. The molecule has 0 amide bonds. The SMILES string of the molecule is CCCCCCC/C=C\C/C=C\CCCCCCCCCCCC(=O)OC(COC(=O)CCCCCCCCCCCCCCCCCCCCCCCCCCCCCCCCCCCCCCC)COC(OCC[N+](C)(C)C)C(=O)[O-]. The van der Waals surface area contributed by atoms with Crippen molar-refractivity contribution >= 4 is 17.9 Å². The van der Waals surface area contributed by atoms with Crippen LogP contribution in [0.2, 0.25) is 0 Å². The average molecular weight is 1170 g/mol. The molecule has 83 heavy (non-hydrogen) atoms. The number of quaternary nitrogens is 1. The molecule has 0 aliphatic carbocycles. The molecule has 0 saturated carbocycles. The molecular weight excluding hydrogens is 1030 g/mol. The van der Waals surface area contributed by atoms with Gasteiger partial charge in [-0.15, -0.1) is 0 Å². The number of esters is 2. The lowest BCUT2D eigenvalue weighted by Crippen LogP contribution is -2.44. The van der Waals surface area contributed by atoms with Gasteiger partial charge in [0.05, 0.1) is 40.3 Å². The number of carbonyl (C=O) groups excluding carboxylic acids is 3. The van der Waals surface area contributed by atoms with Crippen LogP contribution in [0, 0.1) is 0 Å². The van der Waals surface area contributed by atoms with Gasteiger partial charge < -0.3 is 33.3 Å². The first kappa shape index (κ1) is 80.8. The van der Waals surface area contributed by atoms with E-state index < -0.39 is 24.3 Å². The van der Waals surface area contributed by atoms with Gasteiger partial charge in [-0.05, 0) is 44.9 Å². The molecular formula is C74H141NO8. The zero-order chi connectivity index (χ0) is 60.5. The molecule has 0 heterocycles. The molecule has 0 aromatic carbocycles. The van der Waals surface area contributed by atoms with E-state index in [1.807, 2.05) is 21.1 Å². The van der Waals surface area contributed by atoms with Gasteiger partial charge in [0.25, 0.3) is 0 Å². The average Bonchev–Trinajstić information content (AvgIpc) is 3.46. The highest BCUT2D eigenvalue weighted by molar-refractivity contribution is 5.70. The number of hydrogen-bond acceptors (Lipinski definition) is 8. The predicted molar refractivity (Wildman–Crippen MR) is 353 cm³/mol. The summed E-state index contributed by atoms with van der Waals surface area (Å²) in [5, 5.41) is 11.8. The second-order valence-electron chi connectivity index (χ2n) is 26.2. The number of nitrogens with zero attached hydrogens (tertiary/aromatic N) is 1. The van der Waals surface area contributed by atoms with Crippen molar-refractivity contribution in [3.8, 4) is 0 Å². The zero-order valence-electron chi connectivity index (χ0n) is 56.1. The van der Waals surface area contributed by atoms with Crippen LogP contribution in [0.15, 0.2) is 24.3 Å². The molecule has 0 aromatic rings. The van der Waals surface area contributed by atoms with Crippen LogP contribution in [0.1, 0.15) is 373 Å². The summed E-state index contributed by atoms with van der Waals surface area (Å²) in [6, 6.07) is 0. The molecule has 0 bridgehead atoms. The van der Waals surface area contributed by atoms with Crippen LogP contribution in [0.25, 0.3) is 0 Å². The standard InChI is InChI=1S/C74H141NO8/c1-6-8-10-12-14-16-18-20-22-24-26-28-29-30-31-32-33-34-35-36-37-38-39-40-41-42-43-45-46-48-50-52-54-56-58-60-62-64-71(76)81-68-70(69-82-74(73(78)79)80-67-66-75(3,4)5)83-72(77)65-63-61-59-57-55-53-51-49-47-44-27-25-23-21-19-17-15-13-11-9-7-2/h19,21,25,27,70,74H,6-18,20,22-24,26,28-69H2,1-5H3/b21-19-,27-25-. The van der Waals surface area contributed by atoms with Gasteiger partial charge in [0, 0.05) is 12.8 Å². The number of carboxylic acids is 1. The lowest BCUT2D eigenvalue weighted by atomic mass is 10.0. The van der Waals surface area contributed by atoms with Gasteiger partial charge in [-0.2, -0.15) is 0 Å². The fourth-order valence-electron chi connectivity index (χ4n) is 11.1. The molecule has 0 fully saturated rings. The van der Waals surface area contributed by atoms with Crippen molar-refractivity contribution in [2.24, 2.45) is 0 Å². The molecule has 2 unspecified atom stereocenters. The normalized spacial score (nSPS) is 12.7. The minimum atomic E-state index is -1.62. The van der Waals surface area contributed by atoms with Crippen molar-refractivity contribution in [3.05, 3.63) is 24.3 Å². The van der Waals surface area contributed by atoms with E-state index in [1.165, 1.54) is 289 Å². The molecule has 490 valence electrons. The first-order valence-electron chi connectivity index (χ1n) is 36.5. The zero-order valence-corrected chi connectivity index (χ0v) is 56.1. The smallest absolute Gasteiger partial charge is 0.306 e. The summed E-state index contributed by atoms with van der Waals surface area (Å²) in [5.41, 5.74) is 0. The van der Waals surface area contributed by atoms with Gasteiger partial charge in [-0.1, -0.05) is 340 Å². The molecule has 0 saturated heterocycles. The molecule has 2 atom stereocenters. The van der Waals surface area contributed by atoms with E-state index >= 15 is 0 Å². The predicted octanol–water partition coefficient (Wildman–Crippen LogP) is 21.3. The number of carboxylic acid groups (broad SMARTS) is 1. The van der Waals surface area contributed by atoms with Crippen LogP contribution >= 0.6 is 0 Å². The quantitative estimate of drug-likeness (QED) is 0.0195. The number of carbonyl (C=O) groups is 3. The maximum absolute atomic E-state index is 12.9. The van der Waals surface area contributed by atoms with Crippen LogP contribution in [0.5, 0.6) is 0 Å². The summed E-state index contributed by atoms with van der Waals surface area (Å²) in [6.45, 7) is 4.80. The molecule has 0 spiro atoms. The molecule has 9 nitrogen and oxygen atoms in total. The van der Waals surface area contributed by atoms with Crippen LogP contribution in [0.4, 0.5) is 0 Å². The van der Waals surface area contributed by atoms with E-state index in [0.717, 1.165) is 51.4 Å². The molecule has 0 aromatic heterocycles. The summed E-state index contributed by atoms with van der Waals surface area (Å²) in [4.78, 5) is 37.5. The fourth-order valence-corrected chi connectivity index (χ4v) is 11.1. The van der Waals surface area contributed by atoms with Gasteiger partial charge in [0.15, 0.2) is 12.4 Å². The van der Waals surface area contributed by atoms with Crippen molar-refractivity contribution in [2.45, 2.75) is 386 Å². The summed E-state index contributed by atoms with van der Waals surface area (Å²) >= 11 is 0. The van der Waals surface area contributed by atoms with Crippen molar-refractivity contribution < 1.29 is 42.9 Å². The van der Waals surface area contributed by atoms with E-state index in [1.54, 1.807) is 0 Å². The number of unbranched alkanes of at least 4 members (excludes halogenated alkanes) is 50. The van der Waals surface area contributed by atoms with Gasteiger partial charge in [0.1, 0.15) is 13.2 Å². The van der Waals surface area contributed by atoms with Crippen molar-refractivity contribution in [2.75, 3.05) is 47.5 Å². The van der Waals surface area contributed by atoms with E-state index in [9.17, 15) is 19.5 Å². The molecule has 9 heteroatoms. The lowest BCUT2D eigenvalue weighted by Gasteiger charge is -2.26. The van der Waals surface area contributed by atoms with E-state index in [0.29, 0.717) is 23.9 Å². The second kappa shape index (κ2) is 65.7. The maximum Gasteiger partial charge on any atom is 0.306 e. The van der Waals surface area contributed by atoms with Crippen LogP contribution in [-0.4, -0.2) is 82.3 Å². The molecule has 0 radical (unpaired) electrons. The van der Waals surface area contributed by atoms with Crippen LogP contribution in [-0.2, 0) is 33.3 Å². The first-order chi connectivity index (χ1) is 40.6. The molecule has 0 rings (SSSR count). The Bertz CT molecular complexity index is 1410. The third-order valence-electron chi connectivity index (χ3n) is 16.7. The van der Waals surface area contributed by atoms with Crippen molar-refractivity contribution in [1.29, 1.82) is 0 Å². The van der Waals surface area contributed by atoms with Gasteiger partial charge >= 0.3 is 11.9 Å². The van der Waals surface area contributed by atoms with E-state index in [-0.39, 0.29) is 32.2 Å². The van der Waals surface area contributed by atoms with Gasteiger partial charge in [-0.25, -0.2) is 0 Å². The van der Waals surface area contributed by atoms with Gasteiger partial charge in [-0.3, -0.25) is 9.59 Å². The van der Waals surface area contributed by atoms with Gasteiger partial charge in [0.2, 0.25) is 0 Å². The van der Waals surface area contributed by atoms with Crippen LogP contribution < -0.4 is 5.11 Å². The first-order valence-corrected chi connectivity index (χ1v) is 36.5. The number of ether oxygens (including phenoxy) is 4. The Hall–Kier alpha value is -2.23. The second-order valence-corrected chi connectivity index (χ2v) is 26.2. The highest BCUT2D eigenvalue weighted by Crippen LogP contribution is 2.19. The Morgan fingerprint density at radius 1 is 0.361 bits per heavy atom. The highest BCUT2D eigenvalue weighted by atomic mass is 16.7. The maximum atomic E-state index is 12.9. The third kappa shape index (κ3) is 67.1. The number of hydrogen-bond donors (Lipinski definition) is 0. The van der Waals surface area contributed by atoms with E-state index in [2.05, 4.69) is 38.2 Å². The molecule has 0 aliphatic rings. The number of allylic oxidation sites excluding steroid dienone is 4. The fraction of sp³-hybridized carbons (Fsp3) is 0.905. The number of rotatable bonds is 69. The largest absolute Gasteiger partial charge is 0.545 e. The summed E-state index contributed by atoms with van der Waals surface area (Å²) in [7, 11) is 5.94. The number of aliphatic carboxylic acids is 1. The van der Waals surface area contributed by atoms with E-state index in [4.69, 9.17) is 18.9 Å². The Balaban J connectivity index is 3.96. The Morgan fingerprint density at radius 3 is 0.952 bits per heavy atom. The minimum absolute atomic E-state index is 0.149. The van der Waals surface area contributed by atoms with Crippen LogP contribution in [0.3, 0.4) is 0 Å². The highest BCUT2D eigenvalue weighted by Gasteiger charge is 2.22. The minimum Gasteiger partial charge on any atom is -0.545 e. The third-order valence-corrected chi connectivity index (χ3v) is 16.7. The Labute approximate surface area is 516 Å². The molecule has 0 N–H and O–H groups in total. The summed E-state index contributed by atoms with van der Waals surface area (Å²) in [5.74, 6) is -2.26. The monoisotopic (exact) mass is 1170 g/mol. The number of likely N-dealkylation sites (N-methyl/N-ethyl adjacent to an activating group) is 1. The summed E-state index contributed by atoms with van der Waals surface area (Å²) < 4.78 is 22.8. The topological polar surface area (TPSA) is 111 Å². The van der Waals surface area contributed by atoms with Crippen molar-refractivity contribution in [1.82, 2.24) is 0 Å². The molecule has 0 aliphatic heterocycles. The lowest BCUT2D eigenvalue weighted by molar-refractivity contribution is -0.870.